The van der Waals surface area contributed by atoms with Crippen molar-refractivity contribution in [1.82, 2.24) is 10.2 Å². The number of piperidine rings is 1. The number of benzene rings is 1. The van der Waals surface area contributed by atoms with Crippen LogP contribution in [-0.4, -0.2) is 43.1 Å². The van der Waals surface area contributed by atoms with E-state index in [1.807, 2.05) is 0 Å². The van der Waals surface area contributed by atoms with E-state index in [1.165, 1.54) is 19.2 Å². The summed E-state index contributed by atoms with van der Waals surface area (Å²) in [5.41, 5.74) is 7.07. The molecule has 0 saturated carbocycles. The third-order valence-electron chi connectivity index (χ3n) is 4.12. The average Bonchev–Trinajstić information content (AvgIpc) is 2.47. The van der Waals surface area contributed by atoms with Gasteiger partial charge in [-0.05, 0) is 43.0 Å². The van der Waals surface area contributed by atoms with E-state index in [9.17, 15) is 14.0 Å². The van der Waals surface area contributed by atoms with E-state index in [2.05, 4.69) is 5.32 Å². The molecule has 23 heavy (non-hydrogen) atoms. The van der Waals surface area contributed by atoms with E-state index >= 15 is 0 Å². The van der Waals surface area contributed by atoms with Crippen LogP contribution in [0.25, 0.3) is 0 Å². The lowest BCUT2D eigenvalue weighted by atomic mass is 9.89. The molecule has 2 atom stereocenters. The summed E-state index contributed by atoms with van der Waals surface area (Å²) in [5, 5.41) is 2.89. The highest BCUT2D eigenvalue weighted by Crippen LogP contribution is 2.33. The zero-order chi connectivity index (χ0) is 17.0. The molecule has 1 fully saturated rings. The molecule has 2 unspecified atom stereocenters. The number of carbonyl (C=O) groups excluding carboxylic acids is 2. The predicted molar refractivity (Wildman–Crippen MR) is 83.2 cm³/mol. The summed E-state index contributed by atoms with van der Waals surface area (Å²) in [4.78, 5) is 25.0. The van der Waals surface area contributed by atoms with Gasteiger partial charge in [-0.1, -0.05) is 6.07 Å². The molecular weight excluding hydrogens is 301 g/mol. The standard InChI is InChI=1S/C16H22FN3O3/c1-10-7-11(17)3-4-13(10)14-8-12(19-15(21)9-23-2)5-6-20(14)16(18)22/h3-4,7,12,14H,5-6,8-9H2,1-2H3,(H2,18,22)(H,19,21). The van der Waals surface area contributed by atoms with Crippen LogP contribution < -0.4 is 11.1 Å². The number of rotatable bonds is 4. The van der Waals surface area contributed by atoms with E-state index in [4.69, 9.17) is 10.5 Å². The summed E-state index contributed by atoms with van der Waals surface area (Å²) in [5.74, 6) is -0.516. The molecule has 0 bridgehead atoms. The molecule has 3 amide bonds. The fourth-order valence-corrected chi connectivity index (χ4v) is 3.07. The van der Waals surface area contributed by atoms with Crippen LogP contribution in [0.1, 0.15) is 30.0 Å². The molecule has 0 radical (unpaired) electrons. The lowest BCUT2D eigenvalue weighted by Gasteiger charge is -2.39. The van der Waals surface area contributed by atoms with Crippen molar-refractivity contribution >= 4 is 11.9 Å². The van der Waals surface area contributed by atoms with Crippen molar-refractivity contribution in [2.45, 2.75) is 31.8 Å². The first kappa shape index (κ1) is 17.2. The van der Waals surface area contributed by atoms with Gasteiger partial charge < -0.3 is 20.7 Å². The Morgan fingerprint density at radius 1 is 1.48 bits per heavy atom. The Balaban J connectivity index is 2.20. The molecule has 1 aromatic carbocycles. The maximum Gasteiger partial charge on any atom is 0.315 e. The number of ether oxygens (including phenoxy) is 1. The van der Waals surface area contributed by atoms with Crippen LogP contribution >= 0.6 is 0 Å². The third-order valence-corrected chi connectivity index (χ3v) is 4.12. The van der Waals surface area contributed by atoms with Gasteiger partial charge in [0.25, 0.3) is 0 Å². The van der Waals surface area contributed by atoms with Crippen molar-refractivity contribution in [3.05, 3.63) is 35.1 Å². The number of aryl methyl sites for hydroxylation is 1. The number of methoxy groups -OCH3 is 1. The summed E-state index contributed by atoms with van der Waals surface area (Å²) >= 11 is 0. The minimum atomic E-state index is -0.514. The summed E-state index contributed by atoms with van der Waals surface area (Å²) in [6.45, 7) is 2.23. The van der Waals surface area contributed by atoms with Crippen LogP contribution in [-0.2, 0) is 9.53 Å². The Kier molecular flexibility index (Phi) is 5.54. The van der Waals surface area contributed by atoms with Crippen molar-refractivity contribution in [1.29, 1.82) is 0 Å². The molecule has 1 aromatic rings. The van der Waals surface area contributed by atoms with Crippen LogP contribution in [0.3, 0.4) is 0 Å². The fraction of sp³-hybridized carbons (Fsp3) is 0.500. The number of nitrogens with zero attached hydrogens (tertiary/aromatic N) is 1. The topological polar surface area (TPSA) is 84.7 Å². The van der Waals surface area contributed by atoms with Crippen LogP contribution in [0.2, 0.25) is 0 Å². The highest BCUT2D eigenvalue weighted by Gasteiger charge is 2.33. The van der Waals surface area contributed by atoms with Gasteiger partial charge >= 0.3 is 6.03 Å². The molecular formula is C16H22FN3O3. The van der Waals surface area contributed by atoms with E-state index in [1.54, 1.807) is 17.9 Å². The first-order valence-electron chi connectivity index (χ1n) is 7.52. The second-order valence-electron chi connectivity index (χ2n) is 5.77. The summed E-state index contributed by atoms with van der Waals surface area (Å²) in [6.07, 6.45) is 1.15. The lowest BCUT2D eigenvalue weighted by Crippen LogP contribution is -2.50. The van der Waals surface area contributed by atoms with Gasteiger partial charge in [-0.25, -0.2) is 9.18 Å². The highest BCUT2D eigenvalue weighted by atomic mass is 19.1. The summed E-state index contributed by atoms with van der Waals surface area (Å²) < 4.78 is 18.1. The normalized spacial score (nSPS) is 21.1. The second-order valence-corrected chi connectivity index (χ2v) is 5.77. The quantitative estimate of drug-likeness (QED) is 0.880. The molecule has 3 N–H and O–H groups in total. The van der Waals surface area contributed by atoms with Crippen molar-refractivity contribution < 1.29 is 18.7 Å². The van der Waals surface area contributed by atoms with Crippen molar-refractivity contribution in [2.75, 3.05) is 20.3 Å². The van der Waals surface area contributed by atoms with Gasteiger partial charge in [0.1, 0.15) is 12.4 Å². The van der Waals surface area contributed by atoms with Crippen LogP contribution in [0.5, 0.6) is 0 Å². The van der Waals surface area contributed by atoms with Gasteiger partial charge in [0.05, 0.1) is 6.04 Å². The van der Waals surface area contributed by atoms with Gasteiger partial charge in [-0.15, -0.1) is 0 Å². The van der Waals surface area contributed by atoms with Gasteiger partial charge in [-0.3, -0.25) is 4.79 Å². The number of hydrogen-bond acceptors (Lipinski definition) is 3. The maximum atomic E-state index is 13.3. The van der Waals surface area contributed by atoms with Crippen LogP contribution in [0.4, 0.5) is 9.18 Å². The van der Waals surface area contributed by atoms with Gasteiger partial charge in [0, 0.05) is 19.7 Å². The Hall–Kier alpha value is -2.15. The van der Waals surface area contributed by atoms with Crippen LogP contribution in [0.15, 0.2) is 18.2 Å². The average molecular weight is 323 g/mol. The minimum absolute atomic E-state index is 0.00369. The molecule has 1 aliphatic rings. The third kappa shape index (κ3) is 4.19. The number of urea groups is 1. The zero-order valence-electron chi connectivity index (χ0n) is 13.3. The number of nitrogens with one attached hydrogen (secondary N) is 1. The number of halogens is 1. The minimum Gasteiger partial charge on any atom is -0.375 e. The predicted octanol–water partition coefficient (Wildman–Crippen LogP) is 1.48. The van der Waals surface area contributed by atoms with Crippen molar-refractivity contribution in [3.63, 3.8) is 0 Å². The summed E-state index contributed by atoms with van der Waals surface area (Å²) in [6, 6.07) is 3.60. The second kappa shape index (κ2) is 7.41. The number of nitrogens with two attached hydrogens (primary N) is 1. The SMILES string of the molecule is COCC(=O)NC1CCN(C(N)=O)C(c2ccc(F)cc2C)C1. The monoisotopic (exact) mass is 323 g/mol. The Morgan fingerprint density at radius 3 is 2.83 bits per heavy atom. The smallest absolute Gasteiger partial charge is 0.315 e. The van der Waals surface area contributed by atoms with Crippen molar-refractivity contribution in [3.8, 4) is 0 Å². The van der Waals surface area contributed by atoms with Crippen molar-refractivity contribution in [2.24, 2.45) is 5.73 Å². The van der Waals surface area contributed by atoms with E-state index < -0.39 is 6.03 Å². The number of likely N-dealkylation sites (tertiary alicyclic amines) is 1. The van der Waals surface area contributed by atoms with Gasteiger partial charge in [0.2, 0.25) is 5.91 Å². The molecule has 1 heterocycles. The number of amides is 3. The molecule has 6 nitrogen and oxygen atoms in total. The molecule has 126 valence electrons. The molecule has 2 rings (SSSR count). The number of hydrogen-bond donors (Lipinski definition) is 2. The lowest BCUT2D eigenvalue weighted by molar-refractivity contribution is -0.125. The Morgan fingerprint density at radius 2 is 2.22 bits per heavy atom. The molecule has 7 heteroatoms. The fourth-order valence-electron chi connectivity index (χ4n) is 3.07. The zero-order valence-corrected chi connectivity index (χ0v) is 13.3. The number of primary amides is 1. The number of carbonyl (C=O) groups is 2. The Bertz CT molecular complexity index is 594. The Labute approximate surface area is 134 Å². The molecule has 0 aromatic heterocycles. The molecule has 1 aliphatic heterocycles. The first-order chi connectivity index (χ1) is 10.9. The van der Waals surface area contributed by atoms with Gasteiger partial charge in [0.15, 0.2) is 0 Å². The summed E-state index contributed by atoms with van der Waals surface area (Å²) in [7, 11) is 1.46. The maximum absolute atomic E-state index is 13.3. The first-order valence-corrected chi connectivity index (χ1v) is 7.52. The van der Waals surface area contributed by atoms with Crippen LogP contribution in [0, 0.1) is 12.7 Å². The molecule has 0 spiro atoms. The molecule has 1 saturated heterocycles. The molecule has 0 aliphatic carbocycles. The largest absolute Gasteiger partial charge is 0.375 e. The van der Waals surface area contributed by atoms with E-state index in [0.717, 1.165) is 11.1 Å². The van der Waals surface area contributed by atoms with E-state index in [-0.39, 0.29) is 30.4 Å². The van der Waals surface area contributed by atoms with E-state index in [0.29, 0.717) is 19.4 Å². The highest BCUT2D eigenvalue weighted by molar-refractivity contribution is 5.77. The van der Waals surface area contributed by atoms with Gasteiger partial charge in [-0.2, -0.15) is 0 Å².